The molecule has 1 atom stereocenters. The van der Waals surface area contributed by atoms with Crippen LogP contribution in [-0.4, -0.2) is 15.8 Å². The molecule has 0 aliphatic carbocycles. The molecule has 0 saturated carbocycles. The predicted molar refractivity (Wildman–Crippen MR) is 94.3 cm³/mol. The molecule has 0 spiro atoms. The van der Waals surface area contributed by atoms with Gasteiger partial charge in [0, 0.05) is 0 Å². The van der Waals surface area contributed by atoms with Gasteiger partial charge in [-0.1, -0.05) is 0 Å². The van der Waals surface area contributed by atoms with Crippen molar-refractivity contribution in [3.8, 4) is 0 Å². The SMILES string of the molecule is C1=CC=CC(c2ccccc2)=C(c2ccccc2)[AsH]C=C1. The monoisotopic (exact) mass is 332 g/mol. The number of rotatable bonds is 2. The standard InChI is InChI=1S/C20H17As/c1-2-10-16-21-20(18-13-7-4-8-14-18)19(15-9-1)17-11-5-3-6-12-17/h1-16,21H. The van der Waals surface area contributed by atoms with E-state index in [2.05, 4.69) is 95.9 Å². The van der Waals surface area contributed by atoms with Crippen LogP contribution in [0, 0.1) is 0 Å². The second-order valence-corrected chi connectivity index (χ2v) is 7.12. The molecule has 1 heterocycles. The van der Waals surface area contributed by atoms with Gasteiger partial charge < -0.3 is 0 Å². The molecule has 1 aliphatic heterocycles. The van der Waals surface area contributed by atoms with E-state index in [4.69, 9.17) is 0 Å². The van der Waals surface area contributed by atoms with Crippen LogP contribution < -0.4 is 0 Å². The molecule has 0 bridgehead atoms. The second kappa shape index (κ2) is 7.11. The van der Waals surface area contributed by atoms with Crippen molar-refractivity contribution in [3.63, 3.8) is 0 Å². The summed E-state index contributed by atoms with van der Waals surface area (Å²) in [5.41, 5.74) is 3.98. The molecule has 0 nitrogen and oxygen atoms in total. The fraction of sp³-hybridized carbons (Fsp3) is 0. The minimum absolute atomic E-state index is 0.311. The molecule has 2 aromatic carbocycles. The van der Waals surface area contributed by atoms with E-state index in [0.717, 1.165) is 0 Å². The van der Waals surface area contributed by atoms with Gasteiger partial charge in [0.2, 0.25) is 0 Å². The number of hydrogen-bond donors (Lipinski definition) is 0. The van der Waals surface area contributed by atoms with Crippen molar-refractivity contribution < 1.29 is 0 Å². The van der Waals surface area contributed by atoms with Crippen LogP contribution in [-0.2, 0) is 0 Å². The Labute approximate surface area is 132 Å². The Kier molecular flexibility index (Phi) is 4.71. The van der Waals surface area contributed by atoms with Crippen LogP contribution in [0.5, 0.6) is 0 Å². The summed E-state index contributed by atoms with van der Waals surface area (Å²) in [5.74, 6) is 0. The Morgan fingerprint density at radius 3 is 1.90 bits per heavy atom. The van der Waals surface area contributed by atoms with Crippen molar-refractivity contribution in [2.45, 2.75) is 0 Å². The van der Waals surface area contributed by atoms with Crippen LogP contribution in [0.1, 0.15) is 11.1 Å². The van der Waals surface area contributed by atoms with Gasteiger partial charge in [0.15, 0.2) is 0 Å². The summed E-state index contributed by atoms with van der Waals surface area (Å²) in [6.07, 6.45) is 10.7. The van der Waals surface area contributed by atoms with Gasteiger partial charge in [-0.2, -0.15) is 0 Å². The van der Waals surface area contributed by atoms with Crippen molar-refractivity contribution in [1.82, 2.24) is 0 Å². The quantitative estimate of drug-likeness (QED) is 0.704. The number of allylic oxidation sites excluding steroid dienone is 6. The maximum atomic E-state index is 2.34. The molecule has 0 saturated heterocycles. The maximum absolute atomic E-state index is 2.34. The summed E-state index contributed by atoms with van der Waals surface area (Å²) in [4.78, 5) is 2.34. The molecule has 1 aliphatic rings. The molecular formula is C20H17As. The van der Waals surface area contributed by atoms with Gasteiger partial charge in [-0.05, 0) is 0 Å². The fourth-order valence-corrected chi connectivity index (χ4v) is 4.62. The van der Waals surface area contributed by atoms with Crippen LogP contribution in [0.15, 0.2) is 95.9 Å². The van der Waals surface area contributed by atoms with Crippen molar-refractivity contribution in [2.75, 3.05) is 0 Å². The van der Waals surface area contributed by atoms with E-state index in [1.807, 2.05) is 0 Å². The molecule has 1 unspecified atom stereocenters. The average Bonchev–Trinajstić information content (AvgIpc) is 2.68. The summed E-state index contributed by atoms with van der Waals surface area (Å²) in [5, 5.41) is 0. The Hall–Kier alpha value is -2.04. The zero-order valence-electron chi connectivity index (χ0n) is 11.7. The molecule has 0 aromatic heterocycles. The van der Waals surface area contributed by atoms with E-state index in [1.165, 1.54) is 21.1 Å². The van der Waals surface area contributed by atoms with E-state index in [0.29, 0.717) is 0 Å². The molecule has 3 rings (SSSR count). The van der Waals surface area contributed by atoms with E-state index < -0.39 is 0 Å². The zero-order chi connectivity index (χ0) is 14.3. The van der Waals surface area contributed by atoms with Gasteiger partial charge >= 0.3 is 133 Å². The third kappa shape index (κ3) is 3.54. The van der Waals surface area contributed by atoms with E-state index in [-0.39, 0.29) is 15.8 Å². The van der Waals surface area contributed by atoms with Gasteiger partial charge in [0.1, 0.15) is 0 Å². The summed E-state index contributed by atoms with van der Waals surface area (Å²) >= 11 is -0.311. The second-order valence-electron chi connectivity index (χ2n) is 4.77. The summed E-state index contributed by atoms with van der Waals surface area (Å²) in [7, 11) is 0. The zero-order valence-corrected chi connectivity index (χ0v) is 13.8. The van der Waals surface area contributed by atoms with Crippen LogP contribution in [0.3, 0.4) is 0 Å². The topological polar surface area (TPSA) is 0 Å². The van der Waals surface area contributed by atoms with Gasteiger partial charge in [-0.25, -0.2) is 0 Å². The first-order valence-corrected chi connectivity index (χ1v) is 9.33. The first-order valence-electron chi connectivity index (χ1n) is 7.07. The van der Waals surface area contributed by atoms with E-state index >= 15 is 0 Å². The van der Waals surface area contributed by atoms with Crippen molar-refractivity contribution >= 4 is 25.7 Å². The first kappa shape index (κ1) is 13.9. The summed E-state index contributed by atoms with van der Waals surface area (Å²) < 4.78 is 1.48. The fourth-order valence-electron chi connectivity index (χ4n) is 2.33. The van der Waals surface area contributed by atoms with Gasteiger partial charge in [0.05, 0.1) is 0 Å². The van der Waals surface area contributed by atoms with E-state index in [1.54, 1.807) is 0 Å². The van der Waals surface area contributed by atoms with Crippen LogP contribution in [0.25, 0.3) is 9.93 Å². The normalized spacial score (nSPS) is 15.8. The Bertz CT molecular complexity index is 704. The van der Waals surface area contributed by atoms with Gasteiger partial charge in [-0.3, -0.25) is 0 Å². The predicted octanol–water partition coefficient (Wildman–Crippen LogP) is 4.63. The molecule has 0 radical (unpaired) electrons. The number of hydrogen-bond acceptors (Lipinski definition) is 0. The van der Waals surface area contributed by atoms with E-state index in [9.17, 15) is 0 Å². The molecule has 1 heteroatoms. The summed E-state index contributed by atoms with van der Waals surface area (Å²) in [6, 6.07) is 21.4. The molecular weight excluding hydrogens is 315 g/mol. The van der Waals surface area contributed by atoms with Crippen molar-refractivity contribution in [1.29, 1.82) is 0 Å². The number of benzene rings is 2. The molecule has 102 valence electrons. The van der Waals surface area contributed by atoms with Crippen LogP contribution in [0.4, 0.5) is 0 Å². The van der Waals surface area contributed by atoms with Crippen molar-refractivity contribution in [2.24, 2.45) is 0 Å². The Morgan fingerprint density at radius 1 is 0.571 bits per heavy atom. The Morgan fingerprint density at radius 2 is 1.19 bits per heavy atom. The van der Waals surface area contributed by atoms with Crippen LogP contribution >= 0.6 is 0 Å². The third-order valence-corrected chi connectivity index (χ3v) is 5.87. The van der Waals surface area contributed by atoms with Gasteiger partial charge in [0.25, 0.3) is 0 Å². The molecule has 21 heavy (non-hydrogen) atoms. The molecule has 0 fully saturated rings. The molecule has 0 N–H and O–H groups in total. The minimum atomic E-state index is -0.311. The summed E-state index contributed by atoms with van der Waals surface area (Å²) in [6.45, 7) is 0. The van der Waals surface area contributed by atoms with Crippen LogP contribution in [0.2, 0.25) is 0 Å². The molecule has 0 amide bonds. The van der Waals surface area contributed by atoms with Crippen molar-refractivity contribution in [3.05, 3.63) is 107 Å². The Balaban J connectivity index is 2.19. The average molecular weight is 332 g/mol. The molecule has 2 aromatic rings. The first-order chi connectivity index (χ1) is 10.4. The van der Waals surface area contributed by atoms with Gasteiger partial charge in [-0.15, -0.1) is 0 Å². The third-order valence-electron chi connectivity index (χ3n) is 3.34.